The first-order chi connectivity index (χ1) is 12.5. The van der Waals surface area contributed by atoms with Crippen LogP contribution in [0.25, 0.3) is 5.69 Å². The monoisotopic (exact) mass is 370 g/mol. The molecule has 9 nitrogen and oxygen atoms in total. The van der Waals surface area contributed by atoms with E-state index in [9.17, 15) is 14.9 Å². The molecule has 1 heterocycles. The van der Waals surface area contributed by atoms with Crippen LogP contribution in [0.15, 0.2) is 53.7 Å². The van der Waals surface area contributed by atoms with Crippen LogP contribution in [0.5, 0.6) is 0 Å². The molecule has 1 N–H and O–H groups in total. The van der Waals surface area contributed by atoms with E-state index in [0.29, 0.717) is 5.69 Å². The lowest BCUT2D eigenvalue weighted by molar-refractivity contribution is -0.384. The van der Waals surface area contributed by atoms with Crippen LogP contribution in [0.3, 0.4) is 0 Å². The number of nitrogens with one attached hydrogen (secondary N) is 1. The summed E-state index contributed by atoms with van der Waals surface area (Å²) in [6.07, 6.45) is 1.50. The van der Waals surface area contributed by atoms with Crippen molar-refractivity contribution in [3.63, 3.8) is 0 Å². The highest BCUT2D eigenvalue weighted by Gasteiger charge is 2.09. The van der Waals surface area contributed by atoms with E-state index < -0.39 is 4.92 Å². The zero-order chi connectivity index (χ0) is 18.5. The number of nitro benzene ring substituents is 1. The number of hydrogen-bond acceptors (Lipinski definition) is 7. The molecule has 0 saturated heterocycles. The summed E-state index contributed by atoms with van der Waals surface area (Å²) in [6, 6.07) is 11.5. The van der Waals surface area contributed by atoms with Gasteiger partial charge in [0.2, 0.25) is 5.91 Å². The van der Waals surface area contributed by atoms with Gasteiger partial charge in [0.15, 0.2) is 0 Å². The van der Waals surface area contributed by atoms with E-state index in [2.05, 4.69) is 20.8 Å². The minimum absolute atomic E-state index is 0.0250. The standard InChI is InChI=1S/C16H14N6O3S/c1-11-8-12(2-7-15(11)21-10-17-19-20-21)18-16(23)9-26-14-5-3-13(4-6-14)22(24)25/h2-8,10H,9H2,1H3,(H,18,23). The number of carbonyl (C=O) groups is 1. The summed E-state index contributed by atoms with van der Waals surface area (Å²) in [5.74, 6) is 0.0360. The molecule has 1 aromatic heterocycles. The first kappa shape index (κ1) is 17.5. The Bertz CT molecular complexity index is 928. The number of hydrogen-bond donors (Lipinski definition) is 1. The van der Waals surface area contributed by atoms with Gasteiger partial charge in [-0.2, -0.15) is 0 Å². The lowest BCUT2D eigenvalue weighted by Crippen LogP contribution is -2.14. The van der Waals surface area contributed by atoms with Crippen LogP contribution in [-0.4, -0.2) is 36.8 Å². The third-order valence-corrected chi connectivity index (χ3v) is 4.51. The molecule has 2 aromatic carbocycles. The molecule has 0 aliphatic heterocycles. The molecule has 0 saturated carbocycles. The van der Waals surface area contributed by atoms with E-state index in [1.165, 1.54) is 30.2 Å². The smallest absolute Gasteiger partial charge is 0.269 e. The number of carbonyl (C=O) groups excluding carboxylic acids is 1. The van der Waals surface area contributed by atoms with Crippen LogP contribution in [0.4, 0.5) is 11.4 Å². The zero-order valence-electron chi connectivity index (χ0n) is 13.7. The van der Waals surface area contributed by atoms with Gasteiger partial charge in [-0.15, -0.1) is 16.9 Å². The minimum atomic E-state index is -0.456. The van der Waals surface area contributed by atoms with Gasteiger partial charge in [0.05, 0.1) is 16.4 Å². The van der Waals surface area contributed by atoms with E-state index in [-0.39, 0.29) is 17.3 Å². The van der Waals surface area contributed by atoms with Crippen molar-refractivity contribution in [2.75, 3.05) is 11.1 Å². The van der Waals surface area contributed by atoms with Crippen molar-refractivity contribution in [1.29, 1.82) is 0 Å². The Labute approximate surface area is 152 Å². The third kappa shape index (κ3) is 4.22. The fourth-order valence-corrected chi connectivity index (χ4v) is 2.97. The number of tetrazole rings is 1. The number of amides is 1. The second kappa shape index (κ2) is 7.74. The van der Waals surface area contributed by atoms with Gasteiger partial charge >= 0.3 is 0 Å². The van der Waals surface area contributed by atoms with E-state index in [1.807, 2.05) is 19.1 Å². The summed E-state index contributed by atoms with van der Waals surface area (Å²) in [7, 11) is 0. The second-order valence-corrected chi connectivity index (χ2v) is 6.39. The van der Waals surface area contributed by atoms with Crippen molar-refractivity contribution in [1.82, 2.24) is 20.2 Å². The largest absolute Gasteiger partial charge is 0.325 e. The maximum atomic E-state index is 12.1. The van der Waals surface area contributed by atoms with E-state index >= 15 is 0 Å². The Morgan fingerprint density at radius 3 is 2.65 bits per heavy atom. The number of anilines is 1. The predicted molar refractivity (Wildman–Crippen MR) is 96.3 cm³/mol. The summed E-state index contributed by atoms with van der Waals surface area (Å²) in [4.78, 5) is 23.1. The van der Waals surface area contributed by atoms with Crippen molar-refractivity contribution in [2.45, 2.75) is 11.8 Å². The molecule has 3 rings (SSSR count). The zero-order valence-corrected chi connectivity index (χ0v) is 14.5. The van der Waals surface area contributed by atoms with E-state index in [0.717, 1.165) is 16.1 Å². The Kier molecular flexibility index (Phi) is 5.23. The number of rotatable bonds is 6. The minimum Gasteiger partial charge on any atom is -0.325 e. The van der Waals surface area contributed by atoms with Crippen LogP contribution in [0, 0.1) is 17.0 Å². The Hall–Kier alpha value is -3.27. The quantitative estimate of drug-likeness (QED) is 0.403. The van der Waals surface area contributed by atoms with Gasteiger partial charge in [-0.3, -0.25) is 14.9 Å². The fraction of sp³-hybridized carbons (Fsp3) is 0.125. The number of non-ortho nitro benzene ring substituents is 1. The van der Waals surface area contributed by atoms with Crippen molar-refractivity contribution < 1.29 is 9.72 Å². The SMILES string of the molecule is Cc1cc(NC(=O)CSc2ccc([N+](=O)[O-])cc2)ccc1-n1cnnn1. The lowest BCUT2D eigenvalue weighted by Gasteiger charge is -2.09. The predicted octanol–water partition coefficient (Wildman–Crippen LogP) is 2.61. The summed E-state index contributed by atoms with van der Waals surface area (Å²) in [6.45, 7) is 1.90. The number of aryl methyl sites for hydroxylation is 1. The Morgan fingerprint density at radius 1 is 1.27 bits per heavy atom. The number of aromatic nitrogens is 4. The van der Waals surface area contributed by atoms with Crippen LogP contribution in [0.2, 0.25) is 0 Å². The Morgan fingerprint density at radius 2 is 2.04 bits per heavy atom. The Balaban J connectivity index is 1.58. The average Bonchev–Trinajstić information content (AvgIpc) is 3.15. The van der Waals surface area contributed by atoms with Gasteiger partial charge in [-0.05, 0) is 53.2 Å². The molecule has 26 heavy (non-hydrogen) atoms. The molecule has 0 bridgehead atoms. The molecule has 10 heteroatoms. The van der Waals surface area contributed by atoms with Gasteiger partial charge in [0, 0.05) is 22.7 Å². The fourth-order valence-electron chi connectivity index (χ4n) is 2.27. The average molecular weight is 370 g/mol. The summed E-state index contributed by atoms with van der Waals surface area (Å²) in [5.41, 5.74) is 2.44. The molecule has 0 fully saturated rings. The second-order valence-electron chi connectivity index (χ2n) is 5.34. The molecule has 132 valence electrons. The number of thioether (sulfide) groups is 1. The van der Waals surface area contributed by atoms with Crippen molar-refractivity contribution in [2.24, 2.45) is 0 Å². The molecule has 0 aliphatic carbocycles. The number of benzene rings is 2. The van der Waals surface area contributed by atoms with Crippen LogP contribution in [0.1, 0.15) is 5.56 Å². The topological polar surface area (TPSA) is 116 Å². The molecule has 0 spiro atoms. The maximum Gasteiger partial charge on any atom is 0.269 e. The highest BCUT2D eigenvalue weighted by molar-refractivity contribution is 8.00. The third-order valence-electron chi connectivity index (χ3n) is 3.49. The van der Waals surface area contributed by atoms with Crippen molar-refractivity contribution >= 4 is 29.0 Å². The van der Waals surface area contributed by atoms with Gasteiger partial charge < -0.3 is 5.32 Å². The van der Waals surface area contributed by atoms with Gasteiger partial charge in [-0.1, -0.05) is 0 Å². The molecule has 0 radical (unpaired) electrons. The first-order valence-corrected chi connectivity index (χ1v) is 8.52. The first-order valence-electron chi connectivity index (χ1n) is 7.54. The molecular formula is C16H14N6O3S. The highest BCUT2D eigenvalue weighted by atomic mass is 32.2. The normalized spacial score (nSPS) is 10.5. The molecule has 1 amide bonds. The van der Waals surface area contributed by atoms with Crippen molar-refractivity contribution in [3.8, 4) is 5.69 Å². The van der Waals surface area contributed by atoms with Crippen LogP contribution < -0.4 is 5.32 Å². The van der Waals surface area contributed by atoms with Gasteiger partial charge in [0.25, 0.3) is 5.69 Å². The van der Waals surface area contributed by atoms with Gasteiger partial charge in [-0.25, -0.2) is 4.68 Å². The summed E-state index contributed by atoms with van der Waals surface area (Å²) >= 11 is 1.31. The van der Waals surface area contributed by atoms with E-state index in [1.54, 1.807) is 22.9 Å². The molecule has 3 aromatic rings. The van der Waals surface area contributed by atoms with Gasteiger partial charge in [0.1, 0.15) is 6.33 Å². The molecule has 0 aliphatic rings. The molecule has 0 unspecified atom stereocenters. The number of nitro groups is 1. The van der Waals surface area contributed by atoms with Crippen LogP contribution >= 0.6 is 11.8 Å². The highest BCUT2D eigenvalue weighted by Crippen LogP contribution is 2.22. The van der Waals surface area contributed by atoms with Crippen molar-refractivity contribution in [3.05, 3.63) is 64.5 Å². The number of nitrogens with zero attached hydrogens (tertiary/aromatic N) is 5. The van der Waals surface area contributed by atoms with Crippen LogP contribution in [-0.2, 0) is 4.79 Å². The molecule has 0 atom stereocenters. The lowest BCUT2D eigenvalue weighted by atomic mass is 10.2. The summed E-state index contributed by atoms with van der Waals surface area (Å²) in [5, 5.41) is 24.5. The maximum absolute atomic E-state index is 12.1. The van der Waals surface area contributed by atoms with E-state index in [4.69, 9.17) is 0 Å². The molecular weight excluding hydrogens is 356 g/mol. The summed E-state index contributed by atoms with van der Waals surface area (Å²) < 4.78 is 1.55.